The monoisotopic (exact) mass is 662 g/mol. The van der Waals surface area contributed by atoms with Crippen molar-refractivity contribution in [1.29, 1.82) is 0 Å². The molecular formula is C44H71NO3. The van der Waals surface area contributed by atoms with E-state index in [9.17, 15) is 15.0 Å². The van der Waals surface area contributed by atoms with E-state index < -0.39 is 12.1 Å². The number of carbonyl (C=O) groups excluding carboxylic acids is 1. The molecule has 0 saturated heterocycles. The van der Waals surface area contributed by atoms with Gasteiger partial charge in [0.15, 0.2) is 0 Å². The summed E-state index contributed by atoms with van der Waals surface area (Å²) in [6.07, 6.45) is 58.9. The third kappa shape index (κ3) is 34.4. The third-order valence-corrected chi connectivity index (χ3v) is 7.80. The zero-order valence-electron chi connectivity index (χ0n) is 30.7. The lowest BCUT2D eigenvalue weighted by atomic mass is 10.0. The Labute approximate surface area is 296 Å². The number of carbonyl (C=O) groups is 1. The lowest BCUT2D eigenvalue weighted by Crippen LogP contribution is -2.45. The lowest BCUT2D eigenvalue weighted by molar-refractivity contribution is -0.123. The van der Waals surface area contributed by atoms with E-state index in [1.807, 2.05) is 0 Å². The molecule has 2 unspecified atom stereocenters. The van der Waals surface area contributed by atoms with Gasteiger partial charge in [0.25, 0.3) is 0 Å². The standard InChI is InChI=1S/C44H71NO3/c1-3-5-7-9-10-11-12-13-14-15-16-17-18-19-20-21-22-23-24-25-26-27-28-29-30-31-32-33-34-36-38-40-44(48)45-42(41-46)43(47)39-37-35-8-6-4-2/h5,7,10-11,13-14,16-17,19-20,22-23,25-26,28-29,31-32,42-43,46-47H,3-4,6,8-9,12,15,18,21,24,27,30,33-41H2,1-2H3,(H,45,48)/b7-5-,11-10-,14-13-,17-16-,20-19-,23-22-,26-25-,29-28-,32-31-. The molecule has 0 rings (SSSR count). The number of nitrogens with one attached hydrogen (secondary N) is 1. The smallest absolute Gasteiger partial charge is 0.220 e. The molecule has 0 radical (unpaired) electrons. The van der Waals surface area contributed by atoms with Crippen LogP contribution in [0.25, 0.3) is 0 Å². The molecule has 4 nitrogen and oxygen atoms in total. The number of aliphatic hydroxyl groups is 2. The predicted octanol–water partition coefficient (Wildman–Crippen LogP) is 11.7. The first kappa shape index (κ1) is 45.0. The van der Waals surface area contributed by atoms with Crippen molar-refractivity contribution in [3.63, 3.8) is 0 Å². The van der Waals surface area contributed by atoms with Gasteiger partial charge < -0.3 is 15.5 Å². The molecule has 1 amide bonds. The van der Waals surface area contributed by atoms with E-state index in [0.717, 1.165) is 96.3 Å². The van der Waals surface area contributed by atoms with Crippen molar-refractivity contribution in [3.05, 3.63) is 109 Å². The van der Waals surface area contributed by atoms with Crippen LogP contribution in [0.5, 0.6) is 0 Å². The summed E-state index contributed by atoms with van der Waals surface area (Å²) in [6.45, 7) is 4.12. The Bertz CT molecular complexity index is 979. The van der Waals surface area contributed by atoms with Crippen LogP contribution in [-0.2, 0) is 4.79 Å². The second kappa shape index (κ2) is 38.5. The Morgan fingerprint density at radius 3 is 1.33 bits per heavy atom. The lowest BCUT2D eigenvalue weighted by Gasteiger charge is -2.22. The zero-order chi connectivity index (χ0) is 35.0. The van der Waals surface area contributed by atoms with Gasteiger partial charge in [-0.05, 0) is 83.5 Å². The maximum absolute atomic E-state index is 12.2. The number of rotatable bonds is 32. The minimum absolute atomic E-state index is 0.0776. The molecule has 3 N–H and O–H groups in total. The summed E-state index contributed by atoms with van der Waals surface area (Å²) in [5.74, 6) is -0.0776. The normalized spacial score (nSPS) is 14.3. The summed E-state index contributed by atoms with van der Waals surface area (Å²) in [5.41, 5.74) is 0. The fourth-order valence-corrected chi connectivity index (χ4v) is 4.88. The molecule has 0 fully saturated rings. The topological polar surface area (TPSA) is 69.6 Å². The molecule has 0 aliphatic rings. The molecule has 0 aromatic rings. The largest absolute Gasteiger partial charge is 0.394 e. The maximum atomic E-state index is 12.2. The summed E-state index contributed by atoms with van der Waals surface area (Å²) in [4.78, 5) is 12.2. The first-order valence-corrected chi connectivity index (χ1v) is 19.1. The molecule has 0 aliphatic carbocycles. The van der Waals surface area contributed by atoms with Crippen LogP contribution in [0, 0.1) is 0 Å². The average Bonchev–Trinajstić information content (AvgIpc) is 3.09. The van der Waals surface area contributed by atoms with Crippen LogP contribution in [0.3, 0.4) is 0 Å². The van der Waals surface area contributed by atoms with Gasteiger partial charge in [-0.2, -0.15) is 0 Å². The van der Waals surface area contributed by atoms with Crippen LogP contribution in [-0.4, -0.2) is 34.9 Å². The Morgan fingerprint density at radius 1 is 0.521 bits per heavy atom. The highest BCUT2D eigenvalue weighted by atomic mass is 16.3. The highest BCUT2D eigenvalue weighted by molar-refractivity contribution is 5.76. The van der Waals surface area contributed by atoms with Gasteiger partial charge in [0.2, 0.25) is 5.91 Å². The number of amides is 1. The first-order chi connectivity index (χ1) is 23.7. The van der Waals surface area contributed by atoms with Crippen LogP contribution in [0.15, 0.2) is 109 Å². The van der Waals surface area contributed by atoms with E-state index in [0.29, 0.717) is 12.8 Å². The van der Waals surface area contributed by atoms with Crippen molar-refractivity contribution in [1.82, 2.24) is 5.32 Å². The van der Waals surface area contributed by atoms with Crippen molar-refractivity contribution in [2.75, 3.05) is 6.61 Å². The van der Waals surface area contributed by atoms with Crippen molar-refractivity contribution in [2.45, 2.75) is 154 Å². The van der Waals surface area contributed by atoms with Crippen LogP contribution >= 0.6 is 0 Å². The molecule has 0 heterocycles. The predicted molar refractivity (Wildman–Crippen MR) is 211 cm³/mol. The molecule has 4 heteroatoms. The van der Waals surface area contributed by atoms with E-state index in [-0.39, 0.29) is 12.5 Å². The van der Waals surface area contributed by atoms with Crippen molar-refractivity contribution < 1.29 is 15.0 Å². The van der Waals surface area contributed by atoms with E-state index >= 15 is 0 Å². The van der Waals surface area contributed by atoms with Gasteiger partial charge in [0, 0.05) is 6.42 Å². The number of hydrogen-bond donors (Lipinski definition) is 3. The SMILES string of the molecule is CC/C=C\C/C=C\C/C=C\C/C=C\C/C=C\C/C=C\C/C=C\C/C=C\C/C=C\CCCCCC(=O)NC(CO)C(O)CCCCCCC. The summed E-state index contributed by atoms with van der Waals surface area (Å²) >= 11 is 0. The Morgan fingerprint density at radius 2 is 0.917 bits per heavy atom. The second-order valence-electron chi connectivity index (χ2n) is 12.3. The fourth-order valence-electron chi connectivity index (χ4n) is 4.88. The van der Waals surface area contributed by atoms with Crippen LogP contribution in [0.2, 0.25) is 0 Å². The van der Waals surface area contributed by atoms with Crippen molar-refractivity contribution >= 4 is 5.91 Å². The van der Waals surface area contributed by atoms with Crippen molar-refractivity contribution in [2.24, 2.45) is 0 Å². The van der Waals surface area contributed by atoms with Gasteiger partial charge in [-0.25, -0.2) is 0 Å². The minimum Gasteiger partial charge on any atom is -0.394 e. The Balaban J connectivity index is 3.71. The third-order valence-electron chi connectivity index (χ3n) is 7.80. The molecule has 0 spiro atoms. The molecule has 0 aromatic heterocycles. The summed E-state index contributed by atoms with van der Waals surface area (Å²) in [7, 11) is 0. The second-order valence-corrected chi connectivity index (χ2v) is 12.3. The molecule has 0 saturated carbocycles. The molecule has 0 aromatic carbocycles. The van der Waals surface area contributed by atoms with Crippen LogP contribution in [0.1, 0.15) is 142 Å². The molecule has 48 heavy (non-hydrogen) atoms. The van der Waals surface area contributed by atoms with E-state index in [2.05, 4.69) is 129 Å². The van der Waals surface area contributed by atoms with E-state index in [1.54, 1.807) is 0 Å². The number of aliphatic hydroxyl groups excluding tert-OH is 2. The van der Waals surface area contributed by atoms with Gasteiger partial charge in [-0.1, -0.05) is 162 Å². The van der Waals surface area contributed by atoms with E-state index in [4.69, 9.17) is 0 Å². The highest BCUT2D eigenvalue weighted by Gasteiger charge is 2.19. The quantitative estimate of drug-likeness (QED) is 0.0496. The zero-order valence-corrected chi connectivity index (χ0v) is 30.7. The number of unbranched alkanes of at least 4 members (excludes halogenated alkanes) is 7. The molecule has 0 bridgehead atoms. The molecule has 0 aliphatic heterocycles. The number of allylic oxidation sites excluding steroid dienone is 18. The van der Waals surface area contributed by atoms with Gasteiger partial charge in [-0.15, -0.1) is 0 Å². The van der Waals surface area contributed by atoms with Crippen LogP contribution in [0.4, 0.5) is 0 Å². The Kier molecular flexibility index (Phi) is 36.1. The van der Waals surface area contributed by atoms with E-state index in [1.165, 1.54) is 19.3 Å². The fraction of sp³-hybridized carbons (Fsp3) is 0.568. The molecule has 2 atom stereocenters. The molecule has 270 valence electrons. The van der Waals surface area contributed by atoms with Crippen molar-refractivity contribution in [3.8, 4) is 0 Å². The van der Waals surface area contributed by atoms with Gasteiger partial charge >= 0.3 is 0 Å². The highest BCUT2D eigenvalue weighted by Crippen LogP contribution is 2.11. The van der Waals surface area contributed by atoms with Crippen LogP contribution < -0.4 is 5.32 Å². The summed E-state index contributed by atoms with van der Waals surface area (Å²) < 4.78 is 0. The average molecular weight is 662 g/mol. The number of hydrogen-bond acceptors (Lipinski definition) is 3. The summed E-state index contributed by atoms with van der Waals surface area (Å²) in [6, 6.07) is -0.558. The van der Waals surface area contributed by atoms with Gasteiger partial charge in [0.1, 0.15) is 0 Å². The first-order valence-electron chi connectivity index (χ1n) is 19.1. The van der Waals surface area contributed by atoms with Gasteiger partial charge in [0.05, 0.1) is 18.8 Å². The molecular weight excluding hydrogens is 590 g/mol. The Hall–Kier alpha value is -2.95. The van der Waals surface area contributed by atoms with Gasteiger partial charge in [-0.3, -0.25) is 4.79 Å². The summed E-state index contributed by atoms with van der Waals surface area (Å²) in [5, 5.41) is 22.7. The minimum atomic E-state index is -0.677. The maximum Gasteiger partial charge on any atom is 0.220 e.